The number of nitrogens with zero attached hydrogens (tertiary/aromatic N) is 1. The topological polar surface area (TPSA) is 12.5 Å². The van der Waals surface area contributed by atoms with Gasteiger partial charge in [0.2, 0.25) is 0 Å². The highest BCUT2D eigenvalue weighted by molar-refractivity contribution is 4.68. The third-order valence-electron chi connectivity index (χ3n) is 2.84. The summed E-state index contributed by atoms with van der Waals surface area (Å²) in [5.41, 5.74) is 0. The molecule has 0 unspecified atom stereocenters. The van der Waals surface area contributed by atoms with Gasteiger partial charge in [-0.2, -0.15) is 0 Å². The van der Waals surface area contributed by atoms with E-state index in [1.165, 1.54) is 38.9 Å². The van der Waals surface area contributed by atoms with Crippen molar-refractivity contribution in [3.05, 3.63) is 0 Å². The van der Waals surface area contributed by atoms with Crippen molar-refractivity contribution in [1.29, 1.82) is 0 Å². The second-order valence-corrected chi connectivity index (χ2v) is 4.07. The Kier molecular flexibility index (Phi) is 18.0. The maximum Gasteiger partial charge on any atom is 0.0478 e. The lowest BCUT2D eigenvalue weighted by molar-refractivity contribution is 0.122. The fourth-order valence-electron chi connectivity index (χ4n) is 1.82. The van der Waals surface area contributed by atoms with E-state index in [4.69, 9.17) is 4.74 Å². The van der Waals surface area contributed by atoms with Crippen LogP contribution < -0.4 is 0 Å². The van der Waals surface area contributed by atoms with E-state index < -0.39 is 0 Å². The van der Waals surface area contributed by atoms with Crippen molar-refractivity contribution >= 4 is 0 Å². The molecule has 0 aliphatic carbocycles. The molecule has 0 amide bonds. The van der Waals surface area contributed by atoms with Gasteiger partial charge in [-0.25, -0.2) is 0 Å². The van der Waals surface area contributed by atoms with Crippen molar-refractivity contribution < 1.29 is 4.74 Å². The largest absolute Gasteiger partial charge is 0.382 e. The second-order valence-electron chi connectivity index (χ2n) is 4.07. The molecule has 0 radical (unpaired) electrons. The first-order valence-electron chi connectivity index (χ1n) is 7.63. The Labute approximate surface area is 110 Å². The van der Waals surface area contributed by atoms with Crippen LogP contribution in [0.3, 0.4) is 0 Å². The molecule has 0 aromatic rings. The van der Waals surface area contributed by atoms with Gasteiger partial charge in [-0.15, -0.1) is 0 Å². The van der Waals surface area contributed by atoms with E-state index in [0.29, 0.717) is 0 Å². The molecule has 1 saturated heterocycles. The van der Waals surface area contributed by atoms with Crippen LogP contribution in [0.5, 0.6) is 0 Å². The number of piperidine rings is 1. The molecule has 2 nitrogen and oxygen atoms in total. The standard InChI is InChI=1S/C11H23NO.2C2H6/c1-3-13-10-4-7-12-8-5-11(2)6-9-12;2*1-2/h11H,3-10H2,1-2H3;2*1-2H3. The van der Waals surface area contributed by atoms with E-state index in [0.717, 1.165) is 19.1 Å². The second kappa shape index (κ2) is 15.9. The van der Waals surface area contributed by atoms with Gasteiger partial charge >= 0.3 is 0 Å². The molecule has 0 N–H and O–H groups in total. The summed E-state index contributed by atoms with van der Waals surface area (Å²) in [6.45, 7) is 18.0. The van der Waals surface area contributed by atoms with E-state index in [2.05, 4.69) is 18.7 Å². The predicted molar refractivity (Wildman–Crippen MR) is 78.6 cm³/mol. The zero-order valence-corrected chi connectivity index (χ0v) is 13.1. The average molecular weight is 245 g/mol. The fraction of sp³-hybridized carbons (Fsp3) is 1.00. The lowest BCUT2D eigenvalue weighted by Crippen LogP contribution is -2.34. The van der Waals surface area contributed by atoms with Crippen LogP contribution in [0.2, 0.25) is 0 Å². The Morgan fingerprint density at radius 2 is 1.59 bits per heavy atom. The van der Waals surface area contributed by atoms with Crippen LogP contribution in [-0.2, 0) is 4.74 Å². The maximum absolute atomic E-state index is 5.32. The Morgan fingerprint density at radius 3 is 2.06 bits per heavy atom. The summed E-state index contributed by atoms with van der Waals surface area (Å²) < 4.78 is 5.32. The first kappa shape index (κ1) is 19.3. The molecule has 1 aliphatic rings. The summed E-state index contributed by atoms with van der Waals surface area (Å²) >= 11 is 0. The Morgan fingerprint density at radius 1 is 1.06 bits per heavy atom. The molecule has 0 atom stereocenters. The van der Waals surface area contributed by atoms with E-state index in [9.17, 15) is 0 Å². The lowest BCUT2D eigenvalue weighted by Gasteiger charge is -2.29. The van der Waals surface area contributed by atoms with Crippen LogP contribution in [0.25, 0.3) is 0 Å². The highest BCUT2D eigenvalue weighted by Gasteiger charge is 2.14. The highest BCUT2D eigenvalue weighted by Crippen LogP contribution is 2.15. The minimum absolute atomic E-state index is 0.858. The van der Waals surface area contributed by atoms with Gasteiger partial charge in [0.25, 0.3) is 0 Å². The van der Waals surface area contributed by atoms with Gasteiger partial charge in [0.1, 0.15) is 0 Å². The third-order valence-corrected chi connectivity index (χ3v) is 2.84. The fourth-order valence-corrected chi connectivity index (χ4v) is 1.82. The molecule has 1 rings (SSSR count). The van der Waals surface area contributed by atoms with Crippen molar-refractivity contribution in [2.75, 3.05) is 32.8 Å². The van der Waals surface area contributed by atoms with Gasteiger partial charge in [0.15, 0.2) is 0 Å². The van der Waals surface area contributed by atoms with E-state index in [1.54, 1.807) is 0 Å². The van der Waals surface area contributed by atoms with Crippen LogP contribution >= 0.6 is 0 Å². The third kappa shape index (κ3) is 12.2. The molecule has 0 aromatic carbocycles. The highest BCUT2D eigenvalue weighted by atomic mass is 16.5. The molecule has 0 bridgehead atoms. The number of hydrogen-bond donors (Lipinski definition) is 0. The minimum atomic E-state index is 0.858. The van der Waals surface area contributed by atoms with Crippen LogP contribution in [0, 0.1) is 5.92 Å². The molecule has 1 heterocycles. The SMILES string of the molecule is CC.CC.CCOCCCN1CCC(C)CC1. The summed E-state index contributed by atoms with van der Waals surface area (Å²) in [7, 11) is 0. The Balaban J connectivity index is 0. The quantitative estimate of drug-likeness (QED) is 0.673. The Hall–Kier alpha value is -0.0800. The molecule has 1 aliphatic heterocycles. The smallest absolute Gasteiger partial charge is 0.0478 e. The maximum atomic E-state index is 5.32. The van der Waals surface area contributed by atoms with Crippen molar-refractivity contribution in [3.8, 4) is 0 Å². The summed E-state index contributed by atoms with van der Waals surface area (Å²) in [5, 5.41) is 0. The number of rotatable bonds is 5. The van der Waals surface area contributed by atoms with Crippen molar-refractivity contribution in [2.24, 2.45) is 5.92 Å². The van der Waals surface area contributed by atoms with Crippen LogP contribution in [0.4, 0.5) is 0 Å². The van der Waals surface area contributed by atoms with E-state index in [1.807, 2.05) is 27.7 Å². The van der Waals surface area contributed by atoms with Crippen LogP contribution in [0.15, 0.2) is 0 Å². The van der Waals surface area contributed by atoms with Gasteiger partial charge in [-0.05, 0) is 45.2 Å². The predicted octanol–water partition coefficient (Wildman–Crippen LogP) is 4.20. The Bertz CT molecular complexity index is 120. The minimum Gasteiger partial charge on any atom is -0.382 e. The first-order chi connectivity index (χ1) is 8.33. The molecule has 2 heteroatoms. The zero-order valence-electron chi connectivity index (χ0n) is 13.1. The molecular weight excluding hydrogens is 210 g/mol. The number of ether oxygens (including phenoxy) is 1. The van der Waals surface area contributed by atoms with Crippen molar-refractivity contribution in [2.45, 2.75) is 60.8 Å². The van der Waals surface area contributed by atoms with Crippen LogP contribution in [-0.4, -0.2) is 37.7 Å². The van der Waals surface area contributed by atoms with Gasteiger partial charge < -0.3 is 9.64 Å². The summed E-state index contributed by atoms with van der Waals surface area (Å²) in [6.07, 6.45) is 3.96. The summed E-state index contributed by atoms with van der Waals surface area (Å²) in [4.78, 5) is 2.57. The van der Waals surface area contributed by atoms with Gasteiger partial charge in [-0.1, -0.05) is 34.6 Å². The van der Waals surface area contributed by atoms with E-state index in [-0.39, 0.29) is 0 Å². The van der Waals surface area contributed by atoms with Crippen molar-refractivity contribution in [3.63, 3.8) is 0 Å². The molecule has 0 saturated carbocycles. The number of hydrogen-bond acceptors (Lipinski definition) is 2. The molecule has 106 valence electrons. The van der Waals surface area contributed by atoms with Crippen molar-refractivity contribution in [1.82, 2.24) is 4.90 Å². The summed E-state index contributed by atoms with van der Waals surface area (Å²) in [6, 6.07) is 0. The normalized spacial score (nSPS) is 16.6. The number of likely N-dealkylation sites (tertiary alicyclic amines) is 1. The molecule has 0 spiro atoms. The average Bonchev–Trinajstić information content (AvgIpc) is 2.41. The van der Waals surface area contributed by atoms with Gasteiger partial charge in [0.05, 0.1) is 0 Å². The van der Waals surface area contributed by atoms with E-state index >= 15 is 0 Å². The van der Waals surface area contributed by atoms with Gasteiger partial charge in [0, 0.05) is 19.8 Å². The first-order valence-corrected chi connectivity index (χ1v) is 7.63. The van der Waals surface area contributed by atoms with Gasteiger partial charge in [-0.3, -0.25) is 0 Å². The molecular formula is C15H35NO. The monoisotopic (exact) mass is 245 g/mol. The molecule has 1 fully saturated rings. The zero-order chi connectivity index (χ0) is 13.5. The van der Waals surface area contributed by atoms with Crippen LogP contribution in [0.1, 0.15) is 60.8 Å². The molecule has 0 aromatic heterocycles. The molecule has 17 heavy (non-hydrogen) atoms. The lowest BCUT2D eigenvalue weighted by atomic mass is 9.99. The summed E-state index contributed by atoms with van der Waals surface area (Å²) in [5.74, 6) is 0.947.